The van der Waals surface area contributed by atoms with Gasteiger partial charge in [0.05, 0.1) is 6.10 Å². The maximum atomic E-state index is 13.9. The van der Waals surface area contributed by atoms with E-state index >= 15 is 0 Å². The third kappa shape index (κ3) is 2.22. The summed E-state index contributed by atoms with van der Waals surface area (Å²) in [5.74, 6) is -6.67. The van der Waals surface area contributed by atoms with Gasteiger partial charge in [0.25, 0.3) is 0 Å². The molecule has 0 bridgehead atoms. The molecule has 2 rings (SSSR count). The van der Waals surface area contributed by atoms with Crippen LogP contribution in [0.25, 0.3) is 11.1 Å². The highest BCUT2D eigenvalue weighted by Gasteiger charge is 2.21. The molecule has 0 aliphatic heterocycles. The average Bonchev–Trinajstić information content (AvgIpc) is 2.40. The van der Waals surface area contributed by atoms with Gasteiger partial charge in [0.15, 0.2) is 23.2 Å². The maximum Gasteiger partial charge on any atom is 0.200 e. The van der Waals surface area contributed by atoms with Crippen molar-refractivity contribution in [3.8, 4) is 16.9 Å². The molecule has 0 aliphatic carbocycles. The third-order valence-electron chi connectivity index (χ3n) is 2.91. The van der Waals surface area contributed by atoms with Gasteiger partial charge in [-0.1, -0.05) is 12.1 Å². The second-order valence-corrected chi connectivity index (χ2v) is 4.27. The smallest absolute Gasteiger partial charge is 0.200 e. The van der Waals surface area contributed by atoms with E-state index in [1.807, 2.05) is 0 Å². The van der Waals surface area contributed by atoms with E-state index in [4.69, 9.17) is 5.11 Å². The van der Waals surface area contributed by atoms with Crippen LogP contribution < -0.4 is 0 Å². The van der Waals surface area contributed by atoms with Gasteiger partial charge in [-0.25, -0.2) is 13.2 Å². The van der Waals surface area contributed by atoms with Crippen molar-refractivity contribution < 1.29 is 27.8 Å². The van der Waals surface area contributed by atoms with Gasteiger partial charge < -0.3 is 10.2 Å². The van der Waals surface area contributed by atoms with Gasteiger partial charge in [-0.3, -0.25) is 0 Å². The molecule has 2 aromatic rings. The molecule has 0 fully saturated rings. The Labute approximate surface area is 111 Å². The Morgan fingerprint density at radius 2 is 1.30 bits per heavy atom. The molecular formula is C14H10F4O2. The zero-order valence-corrected chi connectivity index (χ0v) is 10.3. The third-order valence-corrected chi connectivity index (χ3v) is 2.91. The zero-order chi connectivity index (χ0) is 15.0. The first kappa shape index (κ1) is 14.3. The van der Waals surface area contributed by atoms with Gasteiger partial charge in [-0.15, -0.1) is 0 Å². The number of phenolic OH excluding ortho intramolecular Hbond substituents is 1. The van der Waals surface area contributed by atoms with E-state index in [0.29, 0.717) is 0 Å². The Balaban J connectivity index is 2.66. The lowest BCUT2D eigenvalue weighted by molar-refractivity contribution is 0.193. The Bertz CT molecular complexity index is 669. The number of halogens is 4. The molecule has 1 atom stereocenters. The van der Waals surface area contributed by atoms with Crippen molar-refractivity contribution in [1.82, 2.24) is 0 Å². The molecule has 2 aromatic carbocycles. The Morgan fingerprint density at radius 3 is 1.85 bits per heavy atom. The summed E-state index contributed by atoms with van der Waals surface area (Å²) in [4.78, 5) is 0. The molecule has 2 N–H and O–H groups in total. The van der Waals surface area contributed by atoms with Gasteiger partial charge in [-0.2, -0.15) is 4.39 Å². The van der Waals surface area contributed by atoms with Crippen LogP contribution in [-0.2, 0) is 0 Å². The van der Waals surface area contributed by atoms with Gasteiger partial charge in [0, 0.05) is 16.7 Å². The predicted octanol–water partition coefficient (Wildman–Crippen LogP) is 3.67. The number of benzene rings is 2. The van der Waals surface area contributed by atoms with Crippen molar-refractivity contribution in [2.24, 2.45) is 0 Å². The predicted molar refractivity (Wildman–Crippen MR) is 64.0 cm³/mol. The normalized spacial score (nSPS) is 12.5. The number of aromatic hydroxyl groups is 1. The van der Waals surface area contributed by atoms with Crippen LogP contribution in [-0.4, -0.2) is 10.2 Å². The number of aliphatic hydroxyl groups excluding tert-OH is 1. The Morgan fingerprint density at radius 1 is 0.800 bits per heavy atom. The molecule has 2 nitrogen and oxygen atoms in total. The number of phenols is 1. The van der Waals surface area contributed by atoms with Crippen molar-refractivity contribution in [3.63, 3.8) is 0 Å². The first-order valence-electron chi connectivity index (χ1n) is 5.68. The fourth-order valence-corrected chi connectivity index (χ4v) is 1.84. The van der Waals surface area contributed by atoms with Crippen molar-refractivity contribution in [3.05, 3.63) is 53.1 Å². The van der Waals surface area contributed by atoms with Gasteiger partial charge in [0.2, 0.25) is 5.82 Å². The number of hydrogen-bond donors (Lipinski definition) is 2. The van der Waals surface area contributed by atoms with E-state index in [2.05, 4.69) is 0 Å². The highest BCUT2D eigenvalue weighted by molar-refractivity contribution is 5.66. The molecule has 0 saturated heterocycles. The van der Waals surface area contributed by atoms with Crippen LogP contribution in [0.2, 0.25) is 0 Å². The van der Waals surface area contributed by atoms with Crippen LogP contribution in [0.1, 0.15) is 18.6 Å². The monoisotopic (exact) mass is 286 g/mol. The fraction of sp³-hybridized carbons (Fsp3) is 0.143. The van der Waals surface area contributed by atoms with E-state index in [9.17, 15) is 22.7 Å². The molecule has 0 heterocycles. The van der Waals surface area contributed by atoms with Gasteiger partial charge in [-0.05, 0) is 19.1 Å². The number of rotatable bonds is 2. The second kappa shape index (κ2) is 5.13. The topological polar surface area (TPSA) is 40.5 Å². The van der Waals surface area contributed by atoms with Gasteiger partial charge >= 0.3 is 0 Å². The highest BCUT2D eigenvalue weighted by atomic mass is 19.2. The minimum atomic E-state index is -1.54. The Hall–Kier alpha value is -2.08. The molecule has 0 spiro atoms. The van der Waals surface area contributed by atoms with Crippen LogP contribution in [0.4, 0.5) is 17.6 Å². The Kier molecular flexibility index (Phi) is 3.67. The minimum Gasteiger partial charge on any atom is -0.505 e. The van der Waals surface area contributed by atoms with Crippen LogP contribution in [0.3, 0.4) is 0 Å². The summed E-state index contributed by atoms with van der Waals surface area (Å²) in [6, 6.07) is 3.90. The molecule has 6 heteroatoms. The summed E-state index contributed by atoms with van der Waals surface area (Å²) in [7, 11) is 0. The van der Waals surface area contributed by atoms with Crippen LogP contribution in [0.15, 0.2) is 24.3 Å². The molecule has 0 amide bonds. The zero-order valence-electron chi connectivity index (χ0n) is 10.3. The van der Waals surface area contributed by atoms with Gasteiger partial charge in [0.1, 0.15) is 0 Å². The summed E-state index contributed by atoms with van der Waals surface area (Å²) >= 11 is 0. The quantitative estimate of drug-likeness (QED) is 0.827. The number of aliphatic hydroxyl groups is 1. The summed E-state index contributed by atoms with van der Waals surface area (Å²) in [6.45, 7) is 1.25. The fourth-order valence-electron chi connectivity index (χ4n) is 1.84. The standard InChI is InChI=1S/C14H10F4O2/c1-6(19)7-2-3-8(12(16)11(7)15)9-4-5-10(20)14(18)13(9)17/h2-6,19-20H,1H3. The van der Waals surface area contributed by atoms with Crippen molar-refractivity contribution >= 4 is 0 Å². The number of hydrogen-bond acceptors (Lipinski definition) is 2. The minimum absolute atomic E-state index is 0.286. The molecule has 20 heavy (non-hydrogen) atoms. The largest absolute Gasteiger partial charge is 0.505 e. The van der Waals surface area contributed by atoms with E-state index < -0.39 is 46.2 Å². The summed E-state index contributed by atoms with van der Waals surface area (Å²) in [5.41, 5.74) is -1.30. The van der Waals surface area contributed by atoms with Crippen LogP contribution in [0.5, 0.6) is 5.75 Å². The van der Waals surface area contributed by atoms with Crippen molar-refractivity contribution in [2.45, 2.75) is 13.0 Å². The molecule has 1 unspecified atom stereocenters. The first-order chi connectivity index (χ1) is 9.34. The summed E-state index contributed by atoms with van der Waals surface area (Å²) < 4.78 is 54.5. The average molecular weight is 286 g/mol. The molecule has 0 aromatic heterocycles. The molecule has 106 valence electrons. The van der Waals surface area contributed by atoms with Crippen LogP contribution >= 0.6 is 0 Å². The van der Waals surface area contributed by atoms with E-state index in [1.54, 1.807) is 0 Å². The molecule has 0 saturated carbocycles. The van der Waals surface area contributed by atoms with Crippen LogP contribution in [0, 0.1) is 23.3 Å². The van der Waals surface area contributed by atoms with E-state index in [0.717, 1.165) is 24.3 Å². The molecule has 0 aliphatic rings. The lowest BCUT2D eigenvalue weighted by Crippen LogP contribution is -2.02. The van der Waals surface area contributed by atoms with Crippen molar-refractivity contribution in [1.29, 1.82) is 0 Å². The summed E-state index contributed by atoms with van der Waals surface area (Å²) in [6.07, 6.45) is -1.24. The van der Waals surface area contributed by atoms with Crippen molar-refractivity contribution in [2.75, 3.05) is 0 Å². The van der Waals surface area contributed by atoms with E-state index in [-0.39, 0.29) is 5.56 Å². The summed E-state index contributed by atoms with van der Waals surface area (Å²) in [5, 5.41) is 18.2. The second-order valence-electron chi connectivity index (χ2n) is 4.27. The first-order valence-corrected chi connectivity index (χ1v) is 5.68. The molecular weight excluding hydrogens is 276 g/mol. The lowest BCUT2D eigenvalue weighted by Gasteiger charge is -2.11. The lowest BCUT2D eigenvalue weighted by atomic mass is 10.00. The van der Waals surface area contributed by atoms with E-state index in [1.165, 1.54) is 6.92 Å². The molecule has 0 radical (unpaired) electrons. The highest BCUT2D eigenvalue weighted by Crippen LogP contribution is 2.33. The maximum absolute atomic E-state index is 13.9. The SMILES string of the molecule is CC(O)c1ccc(-c2ccc(O)c(F)c2F)c(F)c1F.